The van der Waals surface area contributed by atoms with Crippen LogP contribution in [0.3, 0.4) is 0 Å². The second-order valence-electron chi connectivity index (χ2n) is 5.48. The van der Waals surface area contributed by atoms with Crippen molar-refractivity contribution in [1.29, 1.82) is 0 Å². The molecule has 3 heteroatoms. The van der Waals surface area contributed by atoms with Gasteiger partial charge in [-0.15, -0.1) is 0 Å². The molecule has 1 N–H and O–H groups in total. The van der Waals surface area contributed by atoms with Crippen LogP contribution >= 0.6 is 0 Å². The third-order valence-corrected chi connectivity index (χ3v) is 3.81. The standard InChI is InChI=1S/C17H21N3/c1-20(11-8-16-4-2-3-9-18-16)13-14-5-6-17-15(12-14)7-10-19-17/h2-6,9,12,19H,7-8,10-11,13H2,1H3. The van der Waals surface area contributed by atoms with Gasteiger partial charge in [0.2, 0.25) is 0 Å². The molecule has 1 aromatic heterocycles. The van der Waals surface area contributed by atoms with Crippen LogP contribution in [-0.2, 0) is 19.4 Å². The first-order valence-electron chi connectivity index (χ1n) is 7.25. The Morgan fingerprint density at radius 3 is 3.05 bits per heavy atom. The summed E-state index contributed by atoms with van der Waals surface area (Å²) in [4.78, 5) is 6.73. The van der Waals surface area contributed by atoms with Crippen molar-refractivity contribution in [3.8, 4) is 0 Å². The van der Waals surface area contributed by atoms with E-state index in [1.54, 1.807) is 0 Å². The average Bonchev–Trinajstić information content (AvgIpc) is 2.94. The molecule has 20 heavy (non-hydrogen) atoms. The van der Waals surface area contributed by atoms with E-state index in [1.165, 1.54) is 16.8 Å². The number of rotatable bonds is 5. The molecule has 0 atom stereocenters. The lowest BCUT2D eigenvalue weighted by atomic mass is 10.1. The molecular weight excluding hydrogens is 246 g/mol. The van der Waals surface area contributed by atoms with E-state index in [9.17, 15) is 0 Å². The zero-order chi connectivity index (χ0) is 13.8. The Morgan fingerprint density at radius 2 is 2.20 bits per heavy atom. The quantitative estimate of drug-likeness (QED) is 0.903. The average molecular weight is 267 g/mol. The van der Waals surface area contributed by atoms with E-state index >= 15 is 0 Å². The number of likely N-dealkylation sites (N-methyl/N-ethyl adjacent to an activating group) is 1. The fourth-order valence-corrected chi connectivity index (χ4v) is 2.70. The van der Waals surface area contributed by atoms with Gasteiger partial charge in [-0.2, -0.15) is 0 Å². The Bertz CT molecular complexity index is 566. The molecule has 1 aliphatic heterocycles. The Balaban J connectivity index is 1.55. The number of pyridine rings is 1. The molecule has 3 rings (SSSR count). The van der Waals surface area contributed by atoms with Gasteiger partial charge >= 0.3 is 0 Å². The monoisotopic (exact) mass is 267 g/mol. The molecule has 1 aromatic carbocycles. The summed E-state index contributed by atoms with van der Waals surface area (Å²) < 4.78 is 0. The fraction of sp³-hybridized carbons (Fsp3) is 0.353. The van der Waals surface area contributed by atoms with Crippen LogP contribution in [0.1, 0.15) is 16.8 Å². The number of benzene rings is 1. The van der Waals surface area contributed by atoms with E-state index in [0.29, 0.717) is 0 Å². The number of hydrogen-bond acceptors (Lipinski definition) is 3. The number of nitrogens with one attached hydrogen (secondary N) is 1. The minimum atomic E-state index is 1.00. The highest BCUT2D eigenvalue weighted by Crippen LogP contribution is 2.23. The van der Waals surface area contributed by atoms with Crippen molar-refractivity contribution in [3.63, 3.8) is 0 Å². The molecule has 0 amide bonds. The van der Waals surface area contributed by atoms with E-state index in [4.69, 9.17) is 0 Å². The molecule has 0 aliphatic carbocycles. The van der Waals surface area contributed by atoms with Gasteiger partial charge in [0.05, 0.1) is 0 Å². The smallest absolute Gasteiger partial charge is 0.0416 e. The van der Waals surface area contributed by atoms with Crippen LogP contribution in [0, 0.1) is 0 Å². The maximum Gasteiger partial charge on any atom is 0.0416 e. The molecule has 2 aromatic rings. The largest absolute Gasteiger partial charge is 0.384 e. The third-order valence-electron chi connectivity index (χ3n) is 3.81. The molecular formula is C17H21N3. The van der Waals surface area contributed by atoms with E-state index in [-0.39, 0.29) is 0 Å². The lowest BCUT2D eigenvalue weighted by Crippen LogP contribution is -2.21. The van der Waals surface area contributed by atoms with Crippen molar-refractivity contribution in [1.82, 2.24) is 9.88 Å². The Morgan fingerprint density at radius 1 is 1.25 bits per heavy atom. The van der Waals surface area contributed by atoms with Crippen LogP contribution in [-0.4, -0.2) is 30.0 Å². The summed E-state index contributed by atoms with van der Waals surface area (Å²) in [5, 5.41) is 3.41. The Labute approximate surface area is 120 Å². The number of nitrogens with zero attached hydrogens (tertiary/aromatic N) is 2. The highest BCUT2D eigenvalue weighted by Gasteiger charge is 2.10. The van der Waals surface area contributed by atoms with Crippen LogP contribution < -0.4 is 5.32 Å². The minimum Gasteiger partial charge on any atom is -0.384 e. The maximum absolute atomic E-state index is 4.37. The van der Waals surface area contributed by atoms with Crippen molar-refractivity contribution in [2.75, 3.05) is 25.5 Å². The second-order valence-corrected chi connectivity index (χ2v) is 5.48. The van der Waals surface area contributed by atoms with Crippen LogP contribution in [0.15, 0.2) is 42.6 Å². The van der Waals surface area contributed by atoms with Crippen LogP contribution in [0.5, 0.6) is 0 Å². The summed E-state index contributed by atoms with van der Waals surface area (Å²) in [5.41, 5.74) is 5.33. The molecule has 1 aliphatic rings. The summed E-state index contributed by atoms with van der Waals surface area (Å²) in [6, 6.07) is 12.9. The molecule has 0 unspecified atom stereocenters. The number of anilines is 1. The van der Waals surface area contributed by atoms with Gasteiger partial charge in [-0.1, -0.05) is 18.2 Å². The molecule has 0 radical (unpaired) electrons. The van der Waals surface area contributed by atoms with Crippen molar-refractivity contribution in [2.24, 2.45) is 0 Å². The molecule has 0 bridgehead atoms. The summed E-state index contributed by atoms with van der Waals surface area (Å²) in [6.07, 6.45) is 4.02. The van der Waals surface area contributed by atoms with Crippen molar-refractivity contribution < 1.29 is 0 Å². The molecule has 3 nitrogen and oxygen atoms in total. The van der Waals surface area contributed by atoms with Gasteiger partial charge in [0.1, 0.15) is 0 Å². The minimum absolute atomic E-state index is 1.00. The van der Waals surface area contributed by atoms with Crippen molar-refractivity contribution >= 4 is 5.69 Å². The zero-order valence-electron chi connectivity index (χ0n) is 12.0. The van der Waals surface area contributed by atoms with Gasteiger partial charge in [0.25, 0.3) is 0 Å². The first kappa shape index (κ1) is 13.1. The first-order valence-corrected chi connectivity index (χ1v) is 7.25. The summed E-state index contributed by atoms with van der Waals surface area (Å²) in [7, 11) is 2.18. The number of hydrogen-bond donors (Lipinski definition) is 1. The normalized spacial score (nSPS) is 13.3. The van der Waals surface area contributed by atoms with Gasteiger partial charge in [-0.05, 0) is 42.8 Å². The van der Waals surface area contributed by atoms with Crippen molar-refractivity contribution in [3.05, 3.63) is 59.4 Å². The Hall–Kier alpha value is -1.87. The Kier molecular flexibility index (Phi) is 3.97. The van der Waals surface area contributed by atoms with Crippen LogP contribution in [0.2, 0.25) is 0 Å². The molecule has 0 fully saturated rings. The molecule has 104 valence electrons. The maximum atomic E-state index is 4.37. The molecule has 0 spiro atoms. The number of fused-ring (bicyclic) bond motifs is 1. The van der Waals surface area contributed by atoms with Gasteiger partial charge < -0.3 is 10.2 Å². The fourth-order valence-electron chi connectivity index (χ4n) is 2.70. The number of aromatic nitrogens is 1. The highest BCUT2D eigenvalue weighted by atomic mass is 15.1. The second kappa shape index (κ2) is 6.06. The summed E-state index contributed by atoms with van der Waals surface area (Å²) in [6.45, 7) is 3.11. The van der Waals surface area contributed by atoms with E-state index in [2.05, 4.69) is 52.6 Å². The molecule has 0 saturated carbocycles. The summed E-state index contributed by atoms with van der Waals surface area (Å²) in [5.74, 6) is 0. The highest BCUT2D eigenvalue weighted by molar-refractivity contribution is 5.56. The lowest BCUT2D eigenvalue weighted by Gasteiger charge is -2.17. The lowest BCUT2D eigenvalue weighted by molar-refractivity contribution is 0.330. The topological polar surface area (TPSA) is 28.2 Å². The molecule has 2 heterocycles. The van der Waals surface area contributed by atoms with E-state index in [0.717, 1.165) is 38.2 Å². The summed E-state index contributed by atoms with van der Waals surface area (Å²) >= 11 is 0. The van der Waals surface area contributed by atoms with Gasteiger partial charge in [-0.3, -0.25) is 4.98 Å². The predicted molar refractivity (Wildman–Crippen MR) is 82.9 cm³/mol. The van der Waals surface area contributed by atoms with Crippen LogP contribution in [0.4, 0.5) is 5.69 Å². The SMILES string of the molecule is CN(CCc1ccccn1)Cc1ccc2c(c1)CCN2. The first-order chi connectivity index (χ1) is 9.81. The van der Waals surface area contributed by atoms with Crippen LogP contribution in [0.25, 0.3) is 0 Å². The van der Waals surface area contributed by atoms with E-state index < -0.39 is 0 Å². The zero-order valence-corrected chi connectivity index (χ0v) is 12.0. The van der Waals surface area contributed by atoms with Crippen molar-refractivity contribution in [2.45, 2.75) is 19.4 Å². The van der Waals surface area contributed by atoms with Gasteiger partial charge in [0, 0.05) is 43.6 Å². The third kappa shape index (κ3) is 3.17. The van der Waals surface area contributed by atoms with Gasteiger partial charge in [0.15, 0.2) is 0 Å². The van der Waals surface area contributed by atoms with E-state index in [1.807, 2.05) is 12.3 Å². The van der Waals surface area contributed by atoms with Gasteiger partial charge in [-0.25, -0.2) is 0 Å². The predicted octanol–water partition coefficient (Wildman–Crippen LogP) is 2.72. The molecule has 0 saturated heterocycles.